The molecule has 0 aliphatic carbocycles. The van der Waals surface area contributed by atoms with Crippen LogP contribution in [0.2, 0.25) is 0 Å². The summed E-state index contributed by atoms with van der Waals surface area (Å²) in [5.41, 5.74) is 6.24. The Morgan fingerprint density at radius 1 is 1.75 bits per heavy atom. The molecule has 0 amide bonds. The molecule has 0 spiro atoms. The molecule has 0 atom stereocenters. The van der Waals surface area contributed by atoms with Crippen molar-refractivity contribution in [3.05, 3.63) is 11.9 Å². The topological polar surface area (TPSA) is 29.3 Å². The summed E-state index contributed by atoms with van der Waals surface area (Å²) in [7, 11) is 2.00. The Morgan fingerprint density at radius 2 is 2.25 bits per heavy atom. The fourth-order valence-electron chi connectivity index (χ4n) is 0.439. The van der Waals surface area contributed by atoms with Crippen LogP contribution in [0.1, 0.15) is 13.8 Å². The van der Waals surface area contributed by atoms with Gasteiger partial charge >= 0.3 is 0 Å². The Hall–Kier alpha value is -0.660. The normalized spacial score (nSPS) is 11.6. The minimum Gasteiger partial charge on any atom is -0.401 e. The molecule has 0 aromatic rings. The average Bonchev–Trinajstić information content (AvgIpc) is 1.65. The van der Waals surface area contributed by atoms with Gasteiger partial charge in [0.2, 0.25) is 0 Å². The van der Waals surface area contributed by atoms with Crippen LogP contribution < -0.4 is 5.73 Å². The minimum atomic E-state index is 0.856. The quantitative estimate of drug-likeness (QED) is 0.574. The van der Waals surface area contributed by atoms with E-state index in [0.717, 1.165) is 12.2 Å². The Bertz CT molecular complexity index is 82.5. The first-order valence-electron chi connectivity index (χ1n) is 2.81. The SMILES string of the molecule is CCN(C)/C=C(/C)N. The van der Waals surface area contributed by atoms with Gasteiger partial charge in [-0.15, -0.1) is 0 Å². The molecule has 2 heteroatoms. The van der Waals surface area contributed by atoms with E-state index < -0.39 is 0 Å². The zero-order valence-electron chi connectivity index (χ0n) is 5.81. The molecule has 48 valence electrons. The summed E-state index contributed by atoms with van der Waals surface area (Å²) >= 11 is 0. The van der Waals surface area contributed by atoms with E-state index in [0.29, 0.717) is 0 Å². The Balaban J connectivity index is 3.51. The summed E-state index contributed by atoms with van der Waals surface area (Å²) in [5, 5.41) is 0. The van der Waals surface area contributed by atoms with Crippen LogP contribution in [0.5, 0.6) is 0 Å². The largest absolute Gasteiger partial charge is 0.401 e. The monoisotopic (exact) mass is 114 g/mol. The van der Waals surface area contributed by atoms with Gasteiger partial charge in [0.05, 0.1) is 0 Å². The minimum absolute atomic E-state index is 0.856. The van der Waals surface area contributed by atoms with Gasteiger partial charge in [-0.1, -0.05) is 0 Å². The van der Waals surface area contributed by atoms with Crippen molar-refractivity contribution in [1.29, 1.82) is 0 Å². The van der Waals surface area contributed by atoms with Crippen LogP contribution in [-0.2, 0) is 0 Å². The molecule has 0 rings (SSSR count). The van der Waals surface area contributed by atoms with Crippen LogP contribution in [0, 0.1) is 0 Å². The maximum Gasteiger partial charge on any atom is 0.0210 e. The molecule has 0 saturated carbocycles. The van der Waals surface area contributed by atoms with Gasteiger partial charge < -0.3 is 10.6 Å². The molecule has 0 bridgehead atoms. The summed E-state index contributed by atoms with van der Waals surface area (Å²) in [4.78, 5) is 2.04. The lowest BCUT2D eigenvalue weighted by molar-refractivity contribution is 0.479. The lowest BCUT2D eigenvalue weighted by Crippen LogP contribution is -2.11. The smallest absolute Gasteiger partial charge is 0.0210 e. The van der Waals surface area contributed by atoms with Gasteiger partial charge in [0.15, 0.2) is 0 Å². The third kappa shape index (κ3) is 3.53. The third-order valence-corrected chi connectivity index (χ3v) is 0.923. The molecule has 0 unspecified atom stereocenters. The van der Waals surface area contributed by atoms with Crippen molar-refractivity contribution in [2.24, 2.45) is 5.73 Å². The maximum atomic E-state index is 5.39. The Labute approximate surface area is 51.0 Å². The van der Waals surface area contributed by atoms with E-state index in [1.54, 1.807) is 0 Å². The van der Waals surface area contributed by atoms with E-state index in [2.05, 4.69) is 6.92 Å². The lowest BCUT2D eigenvalue weighted by atomic mass is 10.5. The molecular weight excluding hydrogens is 100 g/mol. The van der Waals surface area contributed by atoms with E-state index in [1.165, 1.54) is 0 Å². The number of allylic oxidation sites excluding steroid dienone is 1. The highest BCUT2D eigenvalue weighted by Gasteiger charge is 1.82. The molecule has 2 N–H and O–H groups in total. The third-order valence-electron chi connectivity index (χ3n) is 0.923. The number of hydrogen-bond acceptors (Lipinski definition) is 2. The van der Waals surface area contributed by atoms with Gasteiger partial charge in [-0.2, -0.15) is 0 Å². The number of nitrogens with zero attached hydrogens (tertiary/aromatic N) is 1. The summed E-state index contributed by atoms with van der Waals surface area (Å²) < 4.78 is 0. The predicted octanol–water partition coefficient (Wildman–Crippen LogP) is 0.758. The van der Waals surface area contributed by atoms with E-state index in [1.807, 2.05) is 25.1 Å². The molecular formula is C6H14N2. The molecule has 0 aromatic heterocycles. The van der Waals surface area contributed by atoms with Crippen LogP contribution in [0.3, 0.4) is 0 Å². The van der Waals surface area contributed by atoms with Gasteiger partial charge in [-0.05, 0) is 13.8 Å². The van der Waals surface area contributed by atoms with E-state index in [9.17, 15) is 0 Å². The Kier molecular flexibility index (Phi) is 3.08. The fourth-order valence-corrected chi connectivity index (χ4v) is 0.439. The second-order valence-electron chi connectivity index (χ2n) is 1.95. The van der Waals surface area contributed by atoms with Crippen LogP contribution >= 0.6 is 0 Å². The second kappa shape index (κ2) is 3.36. The highest BCUT2D eigenvalue weighted by molar-refractivity contribution is 4.89. The van der Waals surface area contributed by atoms with Crippen molar-refractivity contribution in [3.8, 4) is 0 Å². The van der Waals surface area contributed by atoms with Crippen molar-refractivity contribution in [1.82, 2.24) is 4.90 Å². The second-order valence-corrected chi connectivity index (χ2v) is 1.95. The van der Waals surface area contributed by atoms with Gasteiger partial charge in [-0.25, -0.2) is 0 Å². The first-order valence-corrected chi connectivity index (χ1v) is 2.81. The van der Waals surface area contributed by atoms with Crippen LogP contribution in [0.4, 0.5) is 0 Å². The standard InChI is InChI=1S/C6H14N2/c1-4-8(3)5-6(2)7/h5H,4,7H2,1-3H3/b6-5-. The van der Waals surface area contributed by atoms with Gasteiger partial charge in [0, 0.05) is 25.5 Å². The molecule has 0 fully saturated rings. The number of nitrogens with two attached hydrogens (primary N) is 1. The first kappa shape index (κ1) is 7.34. The van der Waals surface area contributed by atoms with Crippen LogP contribution in [-0.4, -0.2) is 18.5 Å². The highest BCUT2D eigenvalue weighted by atomic mass is 15.1. The molecule has 0 aliphatic rings. The summed E-state index contributed by atoms with van der Waals surface area (Å²) in [6.07, 6.45) is 1.92. The van der Waals surface area contributed by atoms with Gasteiger partial charge in [-0.3, -0.25) is 0 Å². The molecule has 0 aliphatic heterocycles. The van der Waals surface area contributed by atoms with E-state index >= 15 is 0 Å². The zero-order chi connectivity index (χ0) is 6.57. The Morgan fingerprint density at radius 3 is 2.38 bits per heavy atom. The number of rotatable bonds is 2. The van der Waals surface area contributed by atoms with Gasteiger partial charge in [0.1, 0.15) is 0 Å². The maximum absolute atomic E-state index is 5.39. The average molecular weight is 114 g/mol. The molecule has 0 saturated heterocycles. The summed E-state index contributed by atoms with van der Waals surface area (Å²) in [6, 6.07) is 0. The first-order chi connectivity index (χ1) is 3.66. The van der Waals surface area contributed by atoms with Gasteiger partial charge in [0.25, 0.3) is 0 Å². The van der Waals surface area contributed by atoms with Crippen molar-refractivity contribution in [2.45, 2.75) is 13.8 Å². The molecule has 8 heavy (non-hydrogen) atoms. The molecule has 2 nitrogen and oxygen atoms in total. The summed E-state index contributed by atoms with van der Waals surface area (Å²) in [6.45, 7) is 4.97. The highest BCUT2D eigenvalue weighted by Crippen LogP contribution is 1.85. The number of hydrogen-bond donors (Lipinski definition) is 1. The fraction of sp³-hybridized carbons (Fsp3) is 0.667. The van der Waals surface area contributed by atoms with E-state index in [-0.39, 0.29) is 0 Å². The lowest BCUT2D eigenvalue weighted by Gasteiger charge is -2.09. The zero-order valence-corrected chi connectivity index (χ0v) is 5.81. The van der Waals surface area contributed by atoms with Crippen molar-refractivity contribution < 1.29 is 0 Å². The van der Waals surface area contributed by atoms with Crippen LogP contribution in [0.15, 0.2) is 11.9 Å². The molecule has 0 radical (unpaired) electrons. The molecule has 0 aromatic carbocycles. The molecule has 0 heterocycles. The summed E-state index contributed by atoms with van der Waals surface area (Å²) in [5.74, 6) is 0. The van der Waals surface area contributed by atoms with Crippen molar-refractivity contribution in [3.63, 3.8) is 0 Å². The van der Waals surface area contributed by atoms with Crippen molar-refractivity contribution >= 4 is 0 Å². The van der Waals surface area contributed by atoms with Crippen molar-refractivity contribution in [2.75, 3.05) is 13.6 Å². The predicted molar refractivity (Wildman–Crippen MR) is 36.2 cm³/mol. The van der Waals surface area contributed by atoms with E-state index in [4.69, 9.17) is 5.73 Å². The van der Waals surface area contributed by atoms with Crippen LogP contribution in [0.25, 0.3) is 0 Å².